The number of alkyl halides is 2. The van der Waals surface area contributed by atoms with Crippen molar-refractivity contribution in [3.05, 3.63) is 70.3 Å². The first-order chi connectivity index (χ1) is 12.5. The average Bonchev–Trinajstić information content (AvgIpc) is 2.63. The van der Waals surface area contributed by atoms with E-state index >= 15 is 0 Å². The molecule has 2 aromatic carbocycles. The van der Waals surface area contributed by atoms with E-state index in [4.69, 9.17) is 10.2 Å². The van der Waals surface area contributed by atoms with Gasteiger partial charge in [0.2, 0.25) is 0 Å². The van der Waals surface area contributed by atoms with Crippen LogP contribution in [0.3, 0.4) is 0 Å². The van der Waals surface area contributed by atoms with Gasteiger partial charge in [0.25, 0.3) is 0 Å². The Morgan fingerprint density at radius 3 is 1.50 bits per heavy atom. The van der Waals surface area contributed by atoms with Crippen molar-refractivity contribution in [3.63, 3.8) is 0 Å². The second-order valence-electron chi connectivity index (χ2n) is 5.83. The van der Waals surface area contributed by atoms with Crippen LogP contribution in [0.4, 0.5) is 8.78 Å². The van der Waals surface area contributed by atoms with Crippen LogP contribution in [-0.4, -0.2) is 26.7 Å². The van der Waals surface area contributed by atoms with Crippen molar-refractivity contribution in [2.75, 3.05) is 10.7 Å². The number of Topliss-reactive ketones (excluding diaryl/α,β-unsaturated/α-hetero) is 1. The number of ketones is 1. The molecule has 0 bridgehead atoms. The molecule has 2 aromatic rings. The summed E-state index contributed by atoms with van der Waals surface area (Å²) in [5.74, 6) is -2.58. The molecule has 0 amide bonds. The molecular formula is C19H18Br2F2O3. The summed E-state index contributed by atoms with van der Waals surface area (Å²) in [5, 5.41) is 18.7. The number of aliphatic hydroxyl groups is 2. The van der Waals surface area contributed by atoms with Crippen LogP contribution in [0.5, 0.6) is 0 Å². The van der Waals surface area contributed by atoms with Crippen LogP contribution in [0.2, 0.25) is 0 Å². The van der Waals surface area contributed by atoms with Gasteiger partial charge in [0.15, 0.2) is 0 Å². The van der Waals surface area contributed by atoms with Crippen molar-refractivity contribution in [2.45, 2.75) is 25.0 Å². The number of rotatable bonds is 8. The van der Waals surface area contributed by atoms with E-state index in [1.807, 2.05) is 0 Å². The van der Waals surface area contributed by atoms with Crippen molar-refractivity contribution >= 4 is 37.6 Å². The Labute approximate surface area is 167 Å². The maximum Gasteiger partial charge on any atom is 0.149 e. The maximum absolute atomic E-state index is 14.0. The molecule has 0 saturated carbocycles. The van der Waals surface area contributed by atoms with Crippen molar-refractivity contribution in [3.8, 4) is 0 Å². The molecule has 0 aromatic heterocycles. The fourth-order valence-electron chi connectivity index (χ4n) is 2.72. The molecule has 0 fully saturated rings. The van der Waals surface area contributed by atoms with Gasteiger partial charge in [-0.15, -0.1) is 0 Å². The minimum absolute atomic E-state index is 0.160. The summed E-state index contributed by atoms with van der Waals surface area (Å²) in [6.07, 6.45) is 0. The van der Waals surface area contributed by atoms with E-state index < -0.39 is 36.7 Å². The Bertz CT molecular complexity index is 720. The largest absolute Gasteiger partial charge is 0.392 e. The van der Waals surface area contributed by atoms with Gasteiger partial charge in [0.05, 0.1) is 25.0 Å². The van der Waals surface area contributed by atoms with Crippen molar-refractivity contribution in [1.29, 1.82) is 0 Å². The average molecular weight is 492 g/mol. The summed E-state index contributed by atoms with van der Waals surface area (Å²) >= 11 is 6.61. The van der Waals surface area contributed by atoms with Crippen LogP contribution in [-0.2, 0) is 18.0 Å². The summed E-state index contributed by atoms with van der Waals surface area (Å²) in [5.41, 5.74) is 1.29. The lowest BCUT2D eigenvalue weighted by Crippen LogP contribution is -2.23. The summed E-state index contributed by atoms with van der Waals surface area (Å²) in [6.45, 7) is -0.834. The Kier molecular flexibility index (Phi) is 7.88. The number of halogens is 4. The predicted molar refractivity (Wildman–Crippen MR) is 103 cm³/mol. The Morgan fingerprint density at radius 1 is 0.846 bits per heavy atom. The van der Waals surface area contributed by atoms with E-state index in [9.17, 15) is 13.6 Å². The van der Waals surface area contributed by atoms with Crippen LogP contribution in [0, 0.1) is 11.6 Å². The molecule has 2 atom stereocenters. The lowest BCUT2D eigenvalue weighted by molar-refractivity contribution is -0.121. The van der Waals surface area contributed by atoms with Crippen LogP contribution < -0.4 is 0 Å². The van der Waals surface area contributed by atoms with Gasteiger partial charge >= 0.3 is 0 Å². The third-order valence-corrected chi connectivity index (χ3v) is 5.59. The summed E-state index contributed by atoms with van der Waals surface area (Å²) in [4.78, 5) is 13.0. The monoisotopic (exact) mass is 490 g/mol. The van der Waals surface area contributed by atoms with E-state index in [0.29, 0.717) is 11.1 Å². The highest BCUT2D eigenvalue weighted by atomic mass is 79.9. The molecule has 7 heteroatoms. The Morgan fingerprint density at radius 2 is 1.23 bits per heavy atom. The smallest absolute Gasteiger partial charge is 0.149 e. The molecule has 0 saturated heterocycles. The minimum Gasteiger partial charge on any atom is -0.392 e. The Balaban J connectivity index is 2.35. The van der Waals surface area contributed by atoms with Crippen LogP contribution in [0.15, 0.2) is 36.4 Å². The first kappa shape index (κ1) is 21.2. The van der Waals surface area contributed by atoms with Gasteiger partial charge in [0, 0.05) is 21.8 Å². The molecule has 26 heavy (non-hydrogen) atoms. The second-order valence-corrected chi connectivity index (χ2v) is 7.13. The van der Waals surface area contributed by atoms with Gasteiger partial charge in [-0.3, -0.25) is 4.79 Å². The molecular weight excluding hydrogens is 474 g/mol. The first-order valence-electron chi connectivity index (χ1n) is 7.90. The number of aliphatic hydroxyl groups excluding tert-OH is 2. The van der Waals surface area contributed by atoms with Gasteiger partial charge in [-0.2, -0.15) is 0 Å². The molecule has 2 unspecified atom stereocenters. The molecule has 2 N–H and O–H groups in total. The minimum atomic E-state index is -0.625. The molecule has 2 rings (SSSR count). The number of hydrogen-bond donors (Lipinski definition) is 2. The summed E-state index contributed by atoms with van der Waals surface area (Å²) in [7, 11) is 0. The highest BCUT2D eigenvalue weighted by Gasteiger charge is 2.29. The van der Waals surface area contributed by atoms with Crippen LogP contribution in [0.1, 0.15) is 34.1 Å². The normalized spacial score (nSPS) is 13.5. The number of carbonyl (C=O) groups excluding carboxylic acids is 1. The quantitative estimate of drug-likeness (QED) is 0.545. The van der Waals surface area contributed by atoms with Gasteiger partial charge in [-0.05, 0) is 23.3 Å². The third-order valence-electron chi connectivity index (χ3n) is 4.30. The van der Waals surface area contributed by atoms with E-state index in [-0.39, 0.29) is 27.6 Å². The zero-order valence-electron chi connectivity index (χ0n) is 13.8. The maximum atomic E-state index is 14.0. The third kappa shape index (κ3) is 4.57. The van der Waals surface area contributed by atoms with E-state index in [2.05, 4.69) is 31.9 Å². The summed E-state index contributed by atoms with van der Waals surface area (Å²) < 4.78 is 28.0. The zero-order valence-corrected chi connectivity index (χ0v) is 16.9. The highest BCUT2D eigenvalue weighted by Crippen LogP contribution is 2.31. The van der Waals surface area contributed by atoms with Crippen LogP contribution >= 0.6 is 31.9 Å². The zero-order chi connectivity index (χ0) is 19.3. The standard InChI is InChI=1S/C19H18Br2F2O3/c20-7-15(11-1-3-13(9-24)17(22)5-11)19(26)16(8-21)12-2-4-14(10-25)18(23)6-12/h1-6,15-16,24-25H,7-10H2. The molecule has 3 nitrogen and oxygen atoms in total. The number of benzene rings is 2. The summed E-state index contributed by atoms with van der Waals surface area (Å²) in [6, 6.07) is 8.61. The number of hydrogen-bond acceptors (Lipinski definition) is 3. The second kappa shape index (κ2) is 9.69. The Hall–Kier alpha value is -1.15. The molecule has 140 valence electrons. The first-order valence-corrected chi connectivity index (χ1v) is 10.1. The van der Waals surface area contributed by atoms with Crippen molar-refractivity contribution < 1.29 is 23.8 Å². The van der Waals surface area contributed by atoms with Crippen molar-refractivity contribution in [1.82, 2.24) is 0 Å². The lowest BCUT2D eigenvalue weighted by Gasteiger charge is -2.21. The van der Waals surface area contributed by atoms with E-state index in [0.717, 1.165) is 0 Å². The van der Waals surface area contributed by atoms with E-state index in [1.54, 1.807) is 12.1 Å². The van der Waals surface area contributed by atoms with Gasteiger partial charge in [0.1, 0.15) is 17.4 Å². The van der Waals surface area contributed by atoms with E-state index in [1.165, 1.54) is 24.3 Å². The molecule has 0 aliphatic carbocycles. The SMILES string of the molecule is O=C(C(CBr)c1ccc(CO)c(F)c1)C(CBr)c1ccc(CO)c(F)c1. The van der Waals surface area contributed by atoms with Gasteiger partial charge in [-0.25, -0.2) is 8.78 Å². The molecule has 0 aliphatic rings. The fraction of sp³-hybridized carbons (Fsp3) is 0.316. The highest BCUT2D eigenvalue weighted by molar-refractivity contribution is 9.09. The molecule has 0 heterocycles. The molecule has 0 radical (unpaired) electrons. The topological polar surface area (TPSA) is 57.5 Å². The lowest BCUT2D eigenvalue weighted by atomic mass is 9.85. The van der Waals surface area contributed by atoms with Gasteiger partial charge in [-0.1, -0.05) is 56.1 Å². The molecule has 0 spiro atoms. The van der Waals surface area contributed by atoms with Gasteiger partial charge < -0.3 is 10.2 Å². The fourth-order valence-corrected chi connectivity index (χ4v) is 4.10. The molecule has 0 aliphatic heterocycles. The van der Waals surface area contributed by atoms with Crippen LogP contribution in [0.25, 0.3) is 0 Å². The van der Waals surface area contributed by atoms with Crippen molar-refractivity contribution in [2.24, 2.45) is 0 Å². The number of carbonyl (C=O) groups is 1. The predicted octanol–water partition coefficient (Wildman–Crippen LogP) is 4.18.